The van der Waals surface area contributed by atoms with E-state index in [0.29, 0.717) is 6.04 Å². The fourth-order valence-electron chi connectivity index (χ4n) is 1.46. The molecule has 90 valence electrons. The van der Waals surface area contributed by atoms with Crippen molar-refractivity contribution in [2.45, 2.75) is 18.9 Å². The zero-order chi connectivity index (χ0) is 12.3. The maximum absolute atomic E-state index is 11.5. The summed E-state index contributed by atoms with van der Waals surface area (Å²) in [6.07, 6.45) is 2.19. The van der Waals surface area contributed by atoms with Gasteiger partial charge in [0.2, 0.25) is 5.91 Å². The molecule has 0 saturated heterocycles. The summed E-state index contributed by atoms with van der Waals surface area (Å²) >= 11 is 0. The van der Waals surface area contributed by atoms with Gasteiger partial charge < -0.3 is 10.6 Å². The fraction of sp³-hybridized carbons (Fsp3) is 0.364. The molecule has 0 heterocycles. The van der Waals surface area contributed by atoms with Gasteiger partial charge in [0.1, 0.15) is 5.69 Å². The summed E-state index contributed by atoms with van der Waals surface area (Å²) in [7, 11) is 0. The minimum atomic E-state index is -0.510. The average molecular weight is 235 g/mol. The SMILES string of the molecule is O=C(CNC1CC1)Nc1ccccc1[N+](=O)[O-]. The summed E-state index contributed by atoms with van der Waals surface area (Å²) < 4.78 is 0. The predicted molar refractivity (Wildman–Crippen MR) is 62.8 cm³/mol. The molecule has 1 aliphatic carbocycles. The average Bonchev–Trinajstić information content (AvgIpc) is 3.10. The number of nitro benzene ring substituents is 1. The Labute approximate surface area is 98.2 Å². The molecule has 2 N–H and O–H groups in total. The van der Waals surface area contributed by atoms with Gasteiger partial charge in [-0.1, -0.05) is 12.1 Å². The summed E-state index contributed by atoms with van der Waals surface area (Å²) in [5, 5.41) is 16.3. The summed E-state index contributed by atoms with van der Waals surface area (Å²) in [4.78, 5) is 21.7. The number of para-hydroxylation sites is 2. The molecule has 0 radical (unpaired) electrons. The van der Waals surface area contributed by atoms with Crippen LogP contribution in [0.4, 0.5) is 11.4 Å². The number of hydrogen-bond donors (Lipinski definition) is 2. The molecule has 0 aromatic heterocycles. The Balaban J connectivity index is 1.96. The van der Waals surface area contributed by atoms with Crippen molar-refractivity contribution in [2.24, 2.45) is 0 Å². The van der Waals surface area contributed by atoms with Gasteiger partial charge in [-0.2, -0.15) is 0 Å². The van der Waals surface area contributed by atoms with Crippen molar-refractivity contribution in [3.05, 3.63) is 34.4 Å². The summed E-state index contributed by atoms with van der Waals surface area (Å²) in [6.45, 7) is 0.191. The van der Waals surface area contributed by atoms with Gasteiger partial charge in [0.25, 0.3) is 5.69 Å². The molecule has 2 rings (SSSR count). The highest BCUT2D eigenvalue weighted by Crippen LogP contribution is 2.23. The maximum Gasteiger partial charge on any atom is 0.292 e. The van der Waals surface area contributed by atoms with Crippen LogP contribution in [0.25, 0.3) is 0 Å². The van der Waals surface area contributed by atoms with Crippen LogP contribution in [0, 0.1) is 10.1 Å². The third kappa shape index (κ3) is 3.25. The van der Waals surface area contributed by atoms with Gasteiger partial charge in [-0.15, -0.1) is 0 Å². The van der Waals surface area contributed by atoms with Crippen molar-refractivity contribution < 1.29 is 9.72 Å². The second-order valence-electron chi connectivity index (χ2n) is 3.98. The molecule has 0 unspecified atom stereocenters. The number of nitrogens with one attached hydrogen (secondary N) is 2. The van der Waals surface area contributed by atoms with Crippen LogP contribution >= 0.6 is 0 Å². The van der Waals surface area contributed by atoms with Crippen LogP contribution in [0.1, 0.15) is 12.8 Å². The number of benzene rings is 1. The minimum Gasteiger partial charge on any atom is -0.319 e. The molecule has 1 amide bonds. The molecule has 0 spiro atoms. The van der Waals surface area contributed by atoms with Gasteiger partial charge in [0.15, 0.2) is 0 Å². The normalized spacial score (nSPS) is 14.4. The van der Waals surface area contributed by atoms with Crippen molar-refractivity contribution in [1.29, 1.82) is 0 Å². The standard InChI is InChI=1S/C11H13N3O3/c15-11(7-12-8-5-6-8)13-9-3-1-2-4-10(9)14(16)17/h1-4,8,12H,5-7H2,(H,13,15). The minimum absolute atomic E-state index is 0.0905. The fourth-order valence-corrected chi connectivity index (χ4v) is 1.46. The monoisotopic (exact) mass is 235 g/mol. The lowest BCUT2D eigenvalue weighted by Gasteiger charge is -2.06. The Bertz CT molecular complexity index is 443. The van der Waals surface area contributed by atoms with Crippen LogP contribution in [0.5, 0.6) is 0 Å². The number of rotatable bonds is 5. The molecule has 17 heavy (non-hydrogen) atoms. The lowest BCUT2D eigenvalue weighted by Crippen LogP contribution is -2.29. The van der Waals surface area contributed by atoms with Crippen LogP contribution in [0.2, 0.25) is 0 Å². The van der Waals surface area contributed by atoms with E-state index in [1.54, 1.807) is 12.1 Å². The number of amides is 1. The highest BCUT2D eigenvalue weighted by atomic mass is 16.6. The number of nitro groups is 1. The molecule has 1 aromatic carbocycles. The first kappa shape index (κ1) is 11.5. The highest BCUT2D eigenvalue weighted by molar-refractivity contribution is 5.94. The Kier molecular flexibility index (Phi) is 3.34. The Morgan fingerprint density at radius 3 is 2.76 bits per heavy atom. The van der Waals surface area contributed by atoms with Crippen LogP contribution in [-0.4, -0.2) is 23.4 Å². The largest absolute Gasteiger partial charge is 0.319 e. The molecule has 1 aliphatic rings. The summed E-state index contributed by atoms with van der Waals surface area (Å²) in [5.41, 5.74) is 0.146. The van der Waals surface area contributed by atoms with E-state index in [2.05, 4.69) is 10.6 Å². The first-order valence-corrected chi connectivity index (χ1v) is 5.43. The van der Waals surface area contributed by atoms with Crippen LogP contribution < -0.4 is 10.6 Å². The van der Waals surface area contributed by atoms with Crippen LogP contribution in [0.15, 0.2) is 24.3 Å². The van der Waals surface area contributed by atoms with Gasteiger partial charge in [-0.3, -0.25) is 14.9 Å². The predicted octanol–water partition coefficient (Wildman–Crippen LogP) is 1.29. The lowest BCUT2D eigenvalue weighted by atomic mass is 10.2. The zero-order valence-electron chi connectivity index (χ0n) is 9.18. The van der Waals surface area contributed by atoms with Gasteiger partial charge in [-0.25, -0.2) is 0 Å². The Morgan fingerprint density at radius 2 is 2.12 bits per heavy atom. The number of anilines is 1. The molecule has 1 saturated carbocycles. The number of hydrogen-bond acceptors (Lipinski definition) is 4. The van der Waals surface area contributed by atoms with Gasteiger partial charge >= 0.3 is 0 Å². The molecular formula is C11H13N3O3. The van der Waals surface area contributed by atoms with Crippen molar-refractivity contribution in [3.63, 3.8) is 0 Å². The van der Waals surface area contributed by atoms with E-state index >= 15 is 0 Å². The van der Waals surface area contributed by atoms with Crippen molar-refractivity contribution in [1.82, 2.24) is 5.32 Å². The van der Waals surface area contributed by atoms with Crippen LogP contribution in [0.3, 0.4) is 0 Å². The Morgan fingerprint density at radius 1 is 1.41 bits per heavy atom. The smallest absolute Gasteiger partial charge is 0.292 e. The number of carbonyl (C=O) groups is 1. The lowest BCUT2D eigenvalue weighted by molar-refractivity contribution is -0.383. The summed E-state index contributed by atoms with van der Waals surface area (Å²) in [6, 6.07) is 6.54. The van der Waals surface area contributed by atoms with E-state index in [4.69, 9.17) is 0 Å². The molecule has 0 aliphatic heterocycles. The van der Waals surface area contributed by atoms with Crippen molar-refractivity contribution in [3.8, 4) is 0 Å². The second-order valence-corrected chi connectivity index (χ2v) is 3.98. The molecule has 6 heteroatoms. The number of carbonyl (C=O) groups excluding carboxylic acids is 1. The van der Waals surface area contributed by atoms with E-state index in [-0.39, 0.29) is 23.8 Å². The van der Waals surface area contributed by atoms with Crippen LogP contribution in [-0.2, 0) is 4.79 Å². The van der Waals surface area contributed by atoms with Crippen molar-refractivity contribution >= 4 is 17.3 Å². The van der Waals surface area contributed by atoms with Gasteiger partial charge in [0.05, 0.1) is 11.5 Å². The molecular weight excluding hydrogens is 222 g/mol. The molecule has 1 fully saturated rings. The quantitative estimate of drug-likeness (QED) is 0.594. The van der Waals surface area contributed by atoms with E-state index in [0.717, 1.165) is 12.8 Å². The van der Waals surface area contributed by atoms with E-state index in [1.807, 2.05) is 0 Å². The first-order chi connectivity index (χ1) is 8.16. The number of nitrogens with zero attached hydrogens (tertiary/aromatic N) is 1. The highest BCUT2D eigenvalue weighted by Gasteiger charge is 2.21. The zero-order valence-corrected chi connectivity index (χ0v) is 9.18. The second kappa shape index (κ2) is 4.92. The van der Waals surface area contributed by atoms with Gasteiger partial charge in [0, 0.05) is 12.1 Å². The maximum atomic E-state index is 11.5. The third-order valence-electron chi connectivity index (χ3n) is 2.50. The van der Waals surface area contributed by atoms with E-state index in [9.17, 15) is 14.9 Å². The molecule has 6 nitrogen and oxygen atoms in total. The Hall–Kier alpha value is -1.95. The molecule has 1 aromatic rings. The van der Waals surface area contributed by atoms with Gasteiger partial charge in [-0.05, 0) is 18.9 Å². The molecule has 0 atom stereocenters. The van der Waals surface area contributed by atoms with E-state index < -0.39 is 4.92 Å². The topological polar surface area (TPSA) is 84.3 Å². The first-order valence-electron chi connectivity index (χ1n) is 5.43. The summed E-state index contributed by atoms with van der Waals surface area (Å²) in [5.74, 6) is -0.258. The van der Waals surface area contributed by atoms with E-state index in [1.165, 1.54) is 12.1 Å². The van der Waals surface area contributed by atoms with Crippen molar-refractivity contribution in [2.75, 3.05) is 11.9 Å². The molecule has 0 bridgehead atoms. The third-order valence-corrected chi connectivity index (χ3v) is 2.50.